The van der Waals surface area contributed by atoms with Crippen molar-refractivity contribution in [1.29, 1.82) is 0 Å². The Morgan fingerprint density at radius 1 is 1.04 bits per heavy atom. The Hall–Kier alpha value is -0.330. The highest BCUT2D eigenvalue weighted by atomic mass is 35.5. The van der Waals surface area contributed by atoms with E-state index in [1.807, 2.05) is 13.8 Å². The van der Waals surface area contributed by atoms with E-state index >= 15 is 0 Å². The van der Waals surface area contributed by atoms with Gasteiger partial charge in [-0.3, -0.25) is 4.79 Å². The molecule has 0 spiro atoms. The fraction of sp³-hybridized carbons (Fsp3) is 0.944. The van der Waals surface area contributed by atoms with Gasteiger partial charge in [-0.15, -0.1) is 12.4 Å². The minimum atomic E-state index is -3.42. The third-order valence-corrected chi connectivity index (χ3v) is 9.30. The SMILES string of the molecule is CC(C)C(C(=O)N1CC2CCC(N)C2C1)S(=O)(=O)C1CCCCC1.Cl. The number of carbonyl (C=O) groups excluding carboxylic acids is 1. The van der Waals surface area contributed by atoms with Crippen LogP contribution in [-0.4, -0.2) is 48.9 Å². The van der Waals surface area contributed by atoms with Gasteiger partial charge in [0.25, 0.3) is 0 Å². The maximum Gasteiger partial charge on any atom is 0.241 e. The number of hydrogen-bond acceptors (Lipinski definition) is 4. The normalized spacial score (nSPS) is 31.7. The lowest BCUT2D eigenvalue weighted by Crippen LogP contribution is -2.49. The summed E-state index contributed by atoms with van der Waals surface area (Å²) in [6.45, 7) is 5.08. The molecule has 4 atom stereocenters. The molecule has 2 aliphatic carbocycles. The molecule has 4 unspecified atom stereocenters. The average Bonchev–Trinajstić information content (AvgIpc) is 3.10. The number of rotatable bonds is 4. The van der Waals surface area contributed by atoms with Crippen LogP contribution < -0.4 is 5.73 Å². The topological polar surface area (TPSA) is 80.5 Å². The third-order valence-electron chi connectivity index (χ3n) is 6.44. The average molecular weight is 393 g/mol. The first-order chi connectivity index (χ1) is 11.3. The molecule has 5 nitrogen and oxygen atoms in total. The van der Waals surface area contributed by atoms with Crippen molar-refractivity contribution in [1.82, 2.24) is 4.90 Å². The van der Waals surface area contributed by atoms with Gasteiger partial charge in [0, 0.05) is 19.1 Å². The Labute approximate surface area is 158 Å². The summed E-state index contributed by atoms with van der Waals surface area (Å²) < 4.78 is 26.3. The number of fused-ring (bicyclic) bond motifs is 1. The molecular formula is C18H33ClN2O3S. The van der Waals surface area contributed by atoms with Crippen LogP contribution in [0.2, 0.25) is 0 Å². The minimum absolute atomic E-state index is 0. The molecule has 0 aromatic rings. The van der Waals surface area contributed by atoms with Crippen molar-refractivity contribution in [2.75, 3.05) is 13.1 Å². The smallest absolute Gasteiger partial charge is 0.241 e. The first-order valence-corrected chi connectivity index (χ1v) is 11.2. The maximum atomic E-state index is 13.2. The number of nitrogens with two attached hydrogens (primary N) is 1. The van der Waals surface area contributed by atoms with Gasteiger partial charge in [-0.1, -0.05) is 33.1 Å². The van der Waals surface area contributed by atoms with Gasteiger partial charge in [-0.05, 0) is 43.4 Å². The van der Waals surface area contributed by atoms with Gasteiger partial charge in [-0.25, -0.2) is 8.42 Å². The van der Waals surface area contributed by atoms with E-state index in [2.05, 4.69) is 0 Å². The van der Waals surface area contributed by atoms with E-state index in [4.69, 9.17) is 5.73 Å². The van der Waals surface area contributed by atoms with Gasteiger partial charge in [-0.2, -0.15) is 0 Å². The quantitative estimate of drug-likeness (QED) is 0.796. The van der Waals surface area contributed by atoms with Crippen LogP contribution in [0, 0.1) is 17.8 Å². The van der Waals surface area contributed by atoms with E-state index in [9.17, 15) is 13.2 Å². The number of halogens is 1. The lowest BCUT2D eigenvalue weighted by molar-refractivity contribution is -0.130. The monoisotopic (exact) mass is 392 g/mol. The second kappa shape index (κ2) is 8.13. The van der Waals surface area contributed by atoms with Crippen LogP contribution >= 0.6 is 12.4 Å². The Bertz CT molecular complexity index is 575. The molecule has 1 heterocycles. The van der Waals surface area contributed by atoms with Crippen molar-refractivity contribution >= 4 is 28.2 Å². The summed E-state index contributed by atoms with van der Waals surface area (Å²) in [5.74, 6) is 0.476. The zero-order chi connectivity index (χ0) is 17.5. The van der Waals surface area contributed by atoms with E-state index in [0.717, 1.165) is 44.9 Å². The van der Waals surface area contributed by atoms with Gasteiger partial charge < -0.3 is 10.6 Å². The van der Waals surface area contributed by atoms with Gasteiger partial charge in [0.05, 0.1) is 5.25 Å². The standard InChI is InChI=1S/C18H32N2O3S.ClH/c1-12(2)17(24(22,23)14-6-4-3-5-7-14)18(21)20-10-13-8-9-16(19)15(13)11-20;/h12-17H,3-11,19H2,1-2H3;1H. The highest BCUT2D eigenvalue weighted by Crippen LogP contribution is 2.38. The molecule has 146 valence electrons. The molecule has 0 aromatic carbocycles. The molecule has 3 aliphatic rings. The Balaban J connectivity index is 0.00000225. The highest BCUT2D eigenvalue weighted by Gasteiger charge is 2.48. The second-order valence-electron chi connectivity index (χ2n) is 8.42. The van der Waals surface area contributed by atoms with Crippen molar-refractivity contribution in [3.8, 4) is 0 Å². The van der Waals surface area contributed by atoms with Crippen LogP contribution in [0.15, 0.2) is 0 Å². The first kappa shape index (κ1) is 21.0. The number of carbonyl (C=O) groups is 1. The molecule has 3 rings (SSSR count). The molecule has 0 aromatic heterocycles. The van der Waals surface area contributed by atoms with Crippen molar-refractivity contribution in [2.24, 2.45) is 23.5 Å². The molecule has 1 amide bonds. The lowest BCUT2D eigenvalue weighted by atomic mass is 9.98. The fourth-order valence-corrected chi connectivity index (χ4v) is 7.67. The number of hydrogen-bond donors (Lipinski definition) is 1. The van der Waals surface area contributed by atoms with Crippen LogP contribution in [0.4, 0.5) is 0 Å². The van der Waals surface area contributed by atoms with E-state index < -0.39 is 15.1 Å². The molecule has 0 bridgehead atoms. The molecule has 2 N–H and O–H groups in total. The number of nitrogens with zero attached hydrogens (tertiary/aromatic N) is 1. The van der Waals surface area contributed by atoms with Crippen LogP contribution in [0.5, 0.6) is 0 Å². The Morgan fingerprint density at radius 3 is 2.24 bits per heavy atom. The molecule has 7 heteroatoms. The van der Waals surface area contributed by atoms with Crippen LogP contribution in [0.1, 0.15) is 58.8 Å². The summed E-state index contributed by atoms with van der Waals surface area (Å²) >= 11 is 0. The summed E-state index contributed by atoms with van der Waals surface area (Å²) in [5.41, 5.74) is 6.16. The van der Waals surface area contributed by atoms with Crippen LogP contribution in [0.3, 0.4) is 0 Å². The largest absolute Gasteiger partial charge is 0.341 e. The van der Waals surface area contributed by atoms with E-state index in [-0.39, 0.29) is 35.5 Å². The van der Waals surface area contributed by atoms with Crippen molar-refractivity contribution in [3.63, 3.8) is 0 Å². The van der Waals surface area contributed by atoms with Crippen molar-refractivity contribution in [2.45, 2.75) is 75.3 Å². The molecule has 0 radical (unpaired) electrons. The van der Waals surface area contributed by atoms with Crippen molar-refractivity contribution in [3.05, 3.63) is 0 Å². The number of likely N-dealkylation sites (tertiary alicyclic amines) is 1. The van der Waals surface area contributed by atoms with E-state index in [1.165, 1.54) is 0 Å². The first-order valence-electron chi connectivity index (χ1n) is 9.59. The summed E-state index contributed by atoms with van der Waals surface area (Å²) in [7, 11) is -3.42. The predicted octanol–water partition coefficient (Wildman–Crippen LogP) is 2.38. The minimum Gasteiger partial charge on any atom is -0.341 e. The van der Waals surface area contributed by atoms with E-state index in [1.54, 1.807) is 4.90 Å². The molecule has 1 saturated heterocycles. The van der Waals surface area contributed by atoms with Crippen LogP contribution in [0.25, 0.3) is 0 Å². The van der Waals surface area contributed by atoms with Gasteiger partial charge in [0.2, 0.25) is 5.91 Å². The Kier molecular flexibility index (Phi) is 6.83. The maximum absolute atomic E-state index is 13.2. The van der Waals surface area contributed by atoms with Crippen molar-refractivity contribution < 1.29 is 13.2 Å². The summed E-state index contributed by atoms with van der Waals surface area (Å²) in [4.78, 5) is 14.9. The Morgan fingerprint density at radius 2 is 1.68 bits per heavy atom. The third kappa shape index (κ3) is 4.01. The zero-order valence-corrected chi connectivity index (χ0v) is 17.0. The zero-order valence-electron chi connectivity index (χ0n) is 15.4. The second-order valence-corrected chi connectivity index (χ2v) is 10.8. The summed E-state index contributed by atoms with van der Waals surface area (Å²) in [5, 5.41) is -1.21. The predicted molar refractivity (Wildman–Crippen MR) is 102 cm³/mol. The molecular weight excluding hydrogens is 360 g/mol. The fourth-order valence-electron chi connectivity index (χ4n) is 5.07. The number of amides is 1. The molecule has 2 saturated carbocycles. The summed E-state index contributed by atoms with van der Waals surface area (Å²) in [6, 6.07) is 0.167. The molecule has 3 fully saturated rings. The summed E-state index contributed by atoms with van der Waals surface area (Å²) in [6.07, 6.45) is 6.57. The highest BCUT2D eigenvalue weighted by molar-refractivity contribution is 7.93. The van der Waals surface area contributed by atoms with Crippen LogP contribution in [-0.2, 0) is 14.6 Å². The van der Waals surface area contributed by atoms with Gasteiger partial charge in [0.1, 0.15) is 5.25 Å². The lowest BCUT2D eigenvalue weighted by Gasteiger charge is -2.31. The number of sulfone groups is 1. The van der Waals surface area contributed by atoms with Gasteiger partial charge in [0.15, 0.2) is 9.84 Å². The van der Waals surface area contributed by atoms with E-state index in [0.29, 0.717) is 24.9 Å². The molecule has 25 heavy (non-hydrogen) atoms. The van der Waals surface area contributed by atoms with Gasteiger partial charge >= 0.3 is 0 Å². The molecule has 1 aliphatic heterocycles.